The summed E-state index contributed by atoms with van der Waals surface area (Å²) < 4.78 is 12.7. The molecule has 0 spiro atoms. The highest BCUT2D eigenvalue weighted by Crippen LogP contribution is 2.38. The Kier molecular flexibility index (Phi) is 5.74. The van der Waals surface area contributed by atoms with E-state index >= 15 is 0 Å². The van der Waals surface area contributed by atoms with Gasteiger partial charge in [-0.25, -0.2) is 0 Å². The van der Waals surface area contributed by atoms with Gasteiger partial charge in [0.15, 0.2) is 0 Å². The first-order chi connectivity index (χ1) is 13.4. The van der Waals surface area contributed by atoms with Crippen molar-refractivity contribution in [2.45, 2.75) is 19.1 Å². The van der Waals surface area contributed by atoms with Crippen LogP contribution in [0.2, 0.25) is 10.0 Å². The average molecular weight is 487 g/mol. The third kappa shape index (κ3) is 3.96. The number of halogens is 3. The highest BCUT2D eigenvalue weighted by atomic mass is 79.9. The van der Waals surface area contributed by atoms with Crippen LogP contribution in [-0.4, -0.2) is 41.7 Å². The van der Waals surface area contributed by atoms with Crippen LogP contribution in [0.25, 0.3) is 0 Å². The summed E-state index contributed by atoms with van der Waals surface area (Å²) in [7, 11) is 0. The summed E-state index contributed by atoms with van der Waals surface area (Å²) in [6, 6.07) is 9.42. The number of ether oxygens (including phenoxy) is 2. The number of aliphatic carboxylic acids is 1. The lowest BCUT2D eigenvalue weighted by Gasteiger charge is -2.43. The first kappa shape index (κ1) is 19.8. The standard InChI is InChI=1S/C20H18BrCl2NO4/c21-15-5-11-4-13(24-7-12(8-24)20(25)26)9-27-18(11)6-19(15)28-10-14-16(22)2-1-3-17(14)23/h1-3,5-6,12-13H,4,7-10H2,(H,25,26). The van der Waals surface area contributed by atoms with Crippen LogP contribution in [0.4, 0.5) is 0 Å². The molecule has 2 heterocycles. The summed E-state index contributed by atoms with van der Waals surface area (Å²) >= 11 is 16.0. The molecule has 2 aromatic rings. The predicted molar refractivity (Wildman–Crippen MR) is 111 cm³/mol. The van der Waals surface area contributed by atoms with Gasteiger partial charge in [-0.15, -0.1) is 0 Å². The molecule has 2 aliphatic rings. The second-order valence-electron chi connectivity index (χ2n) is 7.04. The largest absolute Gasteiger partial charge is 0.492 e. The number of carbonyl (C=O) groups is 1. The average Bonchev–Trinajstić information content (AvgIpc) is 2.60. The number of carboxylic acids is 1. The van der Waals surface area contributed by atoms with E-state index in [1.807, 2.05) is 12.1 Å². The van der Waals surface area contributed by atoms with Gasteiger partial charge in [-0.1, -0.05) is 29.3 Å². The molecule has 1 fully saturated rings. The normalized spacial score (nSPS) is 19.5. The van der Waals surface area contributed by atoms with Crippen LogP contribution in [0.1, 0.15) is 11.1 Å². The molecule has 8 heteroatoms. The van der Waals surface area contributed by atoms with Crippen LogP contribution < -0.4 is 9.47 Å². The molecule has 148 valence electrons. The minimum atomic E-state index is -0.725. The Morgan fingerprint density at radius 3 is 2.68 bits per heavy atom. The maximum atomic E-state index is 11.0. The molecule has 1 unspecified atom stereocenters. The Morgan fingerprint density at radius 2 is 2.00 bits per heavy atom. The number of rotatable bonds is 5. The number of fused-ring (bicyclic) bond motifs is 1. The van der Waals surface area contributed by atoms with E-state index in [1.54, 1.807) is 18.2 Å². The van der Waals surface area contributed by atoms with Crippen molar-refractivity contribution in [3.05, 3.63) is 56.0 Å². The van der Waals surface area contributed by atoms with E-state index in [0.29, 0.717) is 35.5 Å². The summed E-state index contributed by atoms with van der Waals surface area (Å²) in [5.74, 6) is 0.454. The molecule has 0 saturated carbocycles. The van der Waals surface area contributed by atoms with Crippen LogP contribution in [-0.2, 0) is 17.8 Å². The van der Waals surface area contributed by atoms with Crippen molar-refractivity contribution in [2.75, 3.05) is 19.7 Å². The molecule has 1 atom stereocenters. The second kappa shape index (κ2) is 8.11. The Balaban J connectivity index is 1.44. The van der Waals surface area contributed by atoms with Crippen LogP contribution >= 0.6 is 39.1 Å². The zero-order chi connectivity index (χ0) is 19.8. The third-order valence-electron chi connectivity index (χ3n) is 5.21. The monoisotopic (exact) mass is 485 g/mol. The van der Waals surface area contributed by atoms with Gasteiger partial charge in [0.1, 0.15) is 24.7 Å². The summed E-state index contributed by atoms with van der Waals surface area (Å²) in [5.41, 5.74) is 1.81. The van der Waals surface area contributed by atoms with Crippen molar-refractivity contribution >= 4 is 45.1 Å². The van der Waals surface area contributed by atoms with Gasteiger partial charge in [0, 0.05) is 40.8 Å². The van der Waals surface area contributed by atoms with Gasteiger partial charge in [0.2, 0.25) is 0 Å². The number of hydrogen-bond acceptors (Lipinski definition) is 4. The molecule has 4 rings (SSSR count). The van der Waals surface area contributed by atoms with Gasteiger partial charge in [0.05, 0.1) is 10.4 Å². The van der Waals surface area contributed by atoms with Gasteiger partial charge in [0.25, 0.3) is 0 Å². The van der Waals surface area contributed by atoms with Crippen LogP contribution in [0, 0.1) is 5.92 Å². The zero-order valence-electron chi connectivity index (χ0n) is 14.8. The molecule has 0 aliphatic carbocycles. The summed E-state index contributed by atoms with van der Waals surface area (Å²) in [6.45, 7) is 1.96. The fourth-order valence-electron chi connectivity index (χ4n) is 3.50. The second-order valence-corrected chi connectivity index (χ2v) is 8.71. The lowest BCUT2D eigenvalue weighted by molar-refractivity contribution is -0.149. The van der Waals surface area contributed by atoms with E-state index in [1.165, 1.54) is 0 Å². The molecule has 0 aromatic heterocycles. The predicted octanol–water partition coefficient (Wildman–Crippen LogP) is 4.65. The summed E-state index contributed by atoms with van der Waals surface area (Å²) in [4.78, 5) is 13.2. The van der Waals surface area contributed by atoms with Gasteiger partial charge in [-0.3, -0.25) is 9.69 Å². The lowest BCUT2D eigenvalue weighted by atomic mass is 9.93. The third-order valence-corrected chi connectivity index (χ3v) is 6.54. The number of carboxylic acid groups (broad SMARTS) is 1. The van der Waals surface area contributed by atoms with Gasteiger partial charge < -0.3 is 14.6 Å². The number of hydrogen-bond donors (Lipinski definition) is 1. The minimum Gasteiger partial charge on any atom is -0.492 e. The molecule has 28 heavy (non-hydrogen) atoms. The van der Waals surface area contributed by atoms with Crippen LogP contribution in [0.5, 0.6) is 11.5 Å². The van der Waals surface area contributed by atoms with Gasteiger partial charge in [-0.2, -0.15) is 0 Å². The zero-order valence-corrected chi connectivity index (χ0v) is 17.9. The molecule has 0 amide bonds. The molecule has 1 saturated heterocycles. The van der Waals surface area contributed by atoms with Crippen molar-refractivity contribution in [2.24, 2.45) is 5.92 Å². The Labute approximate surface area is 181 Å². The fourth-order valence-corrected chi connectivity index (χ4v) is 4.51. The van der Waals surface area contributed by atoms with E-state index < -0.39 is 5.97 Å². The smallest absolute Gasteiger partial charge is 0.309 e. The maximum absolute atomic E-state index is 11.0. The summed E-state index contributed by atoms with van der Waals surface area (Å²) in [6.07, 6.45) is 0.816. The number of benzene rings is 2. The molecule has 0 radical (unpaired) electrons. The van der Waals surface area contributed by atoms with Gasteiger partial charge in [-0.05, 0) is 46.1 Å². The van der Waals surface area contributed by atoms with E-state index in [-0.39, 0.29) is 18.6 Å². The molecule has 2 aliphatic heterocycles. The first-order valence-electron chi connectivity index (χ1n) is 8.90. The highest BCUT2D eigenvalue weighted by Gasteiger charge is 2.38. The topological polar surface area (TPSA) is 59.0 Å². The Bertz CT molecular complexity index is 897. The SMILES string of the molecule is O=C(O)C1CN(C2COc3cc(OCc4c(Cl)cccc4Cl)c(Br)cc3C2)C1. The molecule has 0 bridgehead atoms. The maximum Gasteiger partial charge on any atom is 0.309 e. The number of nitrogens with zero attached hydrogens (tertiary/aromatic N) is 1. The number of likely N-dealkylation sites (tertiary alicyclic amines) is 1. The van der Waals surface area contributed by atoms with Crippen molar-refractivity contribution < 1.29 is 19.4 Å². The molecular weight excluding hydrogens is 469 g/mol. The molecule has 5 nitrogen and oxygen atoms in total. The molecule has 2 aromatic carbocycles. The highest BCUT2D eigenvalue weighted by molar-refractivity contribution is 9.10. The van der Waals surface area contributed by atoms with Crippen LogP contribution in [0.3, 0.4) is 0 Å². The molecule has 1 N–H and O–H groups in total. The minimum absolute atomic E-state index is 0.198. The quantitative estimate of drug-likeness (QED) is 0.666. The van der Waals surface area contributed by atoms with E-state index in [0.717, 1.165) is 27.8 Å². The van der Waals surface area contributed by atoms with E-state index in [4.69, 9.17) is 37.8 Å². The Hall–Kier alpha value is -1.47. The van der Waals surface area contributed by atoms with E-state index in [9.17, 15) is 4.79 Å². The van der Waals surface area contributed by atoms with Crippen molar-refractivity contribution in [3.63, 3.8) is 0 Å². The van der Waals surface area contributed by atoms with Gasteiger partial charge >= 0.3 is 5.97 Å². The van der Waals surface area contributed by atoms with E-state index in [2.05, 4.69) is 20.8 Å². The molecular formula is C20H18BrCl2NO4. The van der Waals surface area contributed by atoms with Crippen LogP contribution in [0.15, 0.2) is 34.8 Å². The lowest BCUT2D eigenvalue weighted by Crippen LogP contribution is -2.57. The van der Waals surface area contributed by atoms with Crippen molar-refractivity contribution in [1.29, 1.82) is 0 Å². The van der Waals surface area contributed by atoms with Crippen molar-refractivity contribution in [1.82, 2.24) is 4.90 Å². The van der Waals surface area contributed by atoms with Crippen molar-refractivity contribution in [3.8, 4) is 11.5 Å². The fraction of sp³-hybridized carbons (Fsp3) is 0.350. The first-order valence-corrected chi connectivity index (χ1v) is 10.4. The Morgan fingerprint density at radius 1 is 1.29 bits per heavy atom. The summed E-state index contributed by atoms with van der Waals surface area (Å²) in [5, 5.41) is 10.2.